The zero-order valence-corrected chi connectivity index (χ0v) is 10.9. The first-order valence-electron chi connectivity index (χ1n) is 3.69. The molecule has 0 heterocycles. The van der Waals surface area contributed by atoms with Crippen LogP contribution in [0.2, 0.25) is 5.02 Å². The highest BCUT2D eigenvalue weighted by Crippen LogP contribution is 2.36. The van der Waals surface area contributed by atoms with Gasteiger partial charge in [-0.05, 0) is 35.0 Å². The van der Waals surface area contributed by atoms with Crippen LogP contribution in [0.1, 0.15) is 6.42 Å². The van der Waals surface area contributed by atoms with Crippen LogP contribution in [0.25, 0.3) is 0 Å². The summed E-state index contributed by atoms with van der Waals surface area (Å²) in [5.74, 6) is -0.0987. The lowest BCUT2D eigenvalue weighted by Gasteiger charge is -2.07. The molecule has 0 fully saturated rings. The van der Waals surface area contributed by atoms with Crippen LogP contribution in [-0.4, -0.2) is 5.97 Å². The first kappa shape index (κ1) is 12.0. The lowest BCUT2D eigenvalue weighted by Crippen LogP contribution is -2.06. The van der Waals surface area contributed by atoms with Crippen LogP contribution in [0.4, 0.5) is 0 Å². The van der Waals surface area contributed by atoms with Crippen LogP contribution in [0.15, 0.2) is 21.1 Å². The van der Waals surface area contributed by atoms with Gasteiger partial charge in [0.1, 0.15) is 0 Å². The molecule has 1 aromatic rings. The van der Waals surface area contributed by atoms with E-state index in [1.54, 1.807) is 12.1 Å². The highest BCUT2D eigenvalue weighted by Gasteiger charge is 2.11. The minimum Gasteiger partial charge on any atom is -0.424 e. The molecule has 75 valence electrons. The van der Waals surface area contributed by atoms with Gasteiger partial charge in [0.15, 0.2) is 5.75 Å². The van der Waals surface area contributed by atoms with E-state index in [9.17, 15) is 4.79 Å². The van der Waals surface area contributed by atoms with E-state index < -0.39 is 5.97 Å². The first-order valence-corrected chi connectivity index (χ1v) is 5.65. The van der Waals surface area contributed by atoms with Crippen molar-refractivity contribution >= 4 is 49.4 Å². The van der Waals surface area contributed by atoms with Gasteiger partial charge in [0.2, 0.25) is 0 Å². The largest absolute Gasteiger partial charge is 0.424 e. The molecule has 0 unspecified atom stereocenters. The maximum absolute atomic E-state index is 11.0. The Morgan fingerprint density at radius 2 is 2.14 bits per heavy atom. The summed E-state index contributed by atoms with van der Waals surface area (Å²) < 4.78 is 6.41. The molecular formula is C9H6Br2ClO2. The van der Waals surface area contributed by atoms with Crippen molar-refractivity contribution < 1.29 is 9.53 Å². The average Bonchev–Trinajstić information content (AvgIpc) is 2.10. The molecule has 0 aliphatic carbocycles. The van der Waals surface area contributed by atoms with E-state index in [0.29, 0.717) is 15.2 Å². The summed E-state index contributed by atoms with van der Waals surface area (Å²) in [7, 11) is 0. The lowest BCUT2D eigenvalue weighted by molar-refractivity contribution is -0.133. The molecule has 0 amide bonds. The van der Waals surface area contributed by atoms with Crippen LogP contribution in [0, 0.1) is 6.92 Å². The van der Waals surface area contributed by atoms with Crippen molar-refractivity contribution in [3.8, 4) is 5.75 Å². The van der Waals surface area contributed by atoms with E-state index in [0.717, 1.165) is 4.47 Å². The molecule has 0 bridgehead atoms. The van der Waals surface area contributed by atoms with Gasteiger partial charge in [-0.25, -0.2) is 0 Å². The van der Waals surface area contributed by atoms with Gasteiger partial charge in [0, 0.05) is 10.9 Å². The number of halogens is 3. The van der Waals surface area contributed by atoms with Crippen molar-refractivity contribution in [1.82, 2.24) is 0 Å². The van der Waals surface area contributed by atoms with Crippen molar-refractivity contribution in [2.24, 2.45) is 0 Å². The average molecular weight is 341 g/mol. The molecule has 0 atom stereocenters. The summed E-state index contributed by atoms with van der Waals surface area (Å²) in [6.07, 6.45) is 0.0683. The second-order valence-electron chi connectivity index (χ2n) is 2.42. The lowest BCUT2D eigenvalue weighted by atomic mass is 10.3. The van der Waals surface area contributed by atoms with Gasteiger partial charge in [-0.2, -0.15) is 0 Å². The van der Waals surface area contributed by atoms with E-state index in [4.69, 9.17) is 16.3 Å². The summed E-state index contributed by atoms with van der Waals surface area (Å²) in [5.41, 5.74) is 0. The van der Waals surface area contributed by atoms with Crippen molar-refractivity contribution in [3.05, 3.63) is 33.0 Å². The Bertz CT molecular complexity index is 343. The molecule has 1 rings (SSSR count). The van der Waals surface area contributed by atoms with E-state index in [1.165, 1.54) is 0 Å². The predicted molar refractivity (Wildman–Crippen MR) is 62.5 cm³/mol. The van der Waals surface area contributed by atoms with E-state index in [-0.39, 0.29) is 6.42 Å². The number of ether oxygens (including phenoxy) is 1. The number of esters is 1. The number of carbonyl (C=O) groups is 1. The quantitative estimate of drug-likeness (QED) is 0.600. The summed E-state index contributed by atoms with van der Waals surface area (Å²) >= 11 is 12.4. The van der Waals surface area contributed by atoms with Gasteiger partial charge in [-0.1, -0.05) is 27.5 Å². The van der Waals surface area contributed by atoms with Gasteiger partial charge in [0.05, 0.1) is 9.50 Å². The molecule has 1 radical (unpaired) electrons. The fourth-order valence-corrected chi connectivity index (χ4v) is 2.60. The van der Waals surface area contributed by atoms with Crippen LogP contribution in [0.5, 0.6) is 5.75 Å². The zero-order valence-electron chi connectivity index (χ0n) is 7.02. The first-order chi connectivity index (χ1) is 6.54. The Morgan fingerprint density at radius 3 is 2.64 bits per heavy atom. The second-order valence-corrected chi connectivity index (χ2v) is 4.60. The number of rotatable bonds is 2. The van der Waals surface area contributed by atoms with Gasteiger partial charge in [0.25, 0.3) is 0 Å². The molecule has 0 aliphatic heterocycles. The Kier molecular flexibility index (Phi) is 4.41. The fraction of sp³-hybridized carbons (Fsp3) is 0.111. The summed E-state index contributed by atoms with van der Waals surface area (Å²) in [4.78, 5) is 11.0. The maximum atomic E-state index is 11.0. The molecule has 0 spiro atoms. The van der Waals surface area contributed by atoms with Crippen molar-refractivity contribution in [2.45, 2.75) is 6.42 Å². The van der Waals surface area contributed by atoms with E-state index in [2.05, 4.69) is 38.8 Å². The molecule has 0 N–H and O–H groups in total. The number of hydrogen-bond acceptors (Lipinski definition) is 2. The smallest absolute Gasteiger partial charge is 0.311 e. The van der Waals surface area contributed by atoms with E-state index >= 15 is 0 Å². The molecule has 5 heteroatoms. The Hall–Kier alpha value is -0.0600. The molecule has 0 saturated heterocycles. The Labute approximate surface area is 104 Å². The highest BCUT2D eigenvalue weighted by atomic mass is 79.9. The summed E-state index contributed by atoms with van der Waals surface area (Å²) in [5, 5.41) is 0.369. The summed E-state index contributed by atoms with van der Waals surface area (Å²) in [6.45, 7) is 3.42. The maximum Gasteiger partial charge on any atom is 0.311 e. The van der Waals surface area contributed by atoms with Crippen LogP contribution in [-0.2, 0) is 4.79 Å². The minimum absolute atomic E-state index is 0.0683. The van der Waals surface area contributed by atoms with E-state index in [1.807, 2.05) is 0 Å². The Balaban J connectivity index is 3.02. The molecule has 14 heavy (non-hydrogen) atoms. The van der Waals surface area contributed by atoms with Crippen LogP contribution >= 0.6 is 43.5 Å². The van der Waals surface area contributed by atoms with Crippen molar-refractivity contribution in [1.29, 1.82) is 0 Å². The topological polar surface area (TPSA) is 26.3 Å². The highest BCUT2D eigenvalue weighted by molar-refractivity contribution is 9.11. The molecule has 0 aromatic heterocycles. The van der Waals surface area contributed by atoms with Crippen LogP contribution in [0.3, 0.4) is 0 Å². The minimum atomic E-state index is -0.421. The third kappa shape index (κ3) is 2.97. The molecule has 2 nitrogen and oxygen atoms in total. The second kappa shape index (κ2) is 5.14. The standard InChI is InChI=1S/C9H6Br2ClO2/c1-2-8(13)14-9-6(11)3-5(10)4-7(9)12/h3-4H,1-2H2. The normalized spacial score (nSPS) is 10.0. The molecule has 0 saturated carbocycles. The molecule has 1 aromatic carbocycles. The fourth-order valence-electron chi connectivity index (χ4n) is 0.791. The SMILES string of the molecule is [CH2]CC(=O)Oc1c(Cl)cc(Br)cc1Br. The van der Waals surface area contributed by atoms with Gasteiger partial charge >= 0.3 is 5.97 Å². The third-order valence-corrected chi connectivity index (χ3v) is 2.71. The number of hydrogen-bond donors (Lipinski definition) is 0. The predicted octanol–water partition coefficient (Wildman–Crippen LogP) is 3.99. The monoisotopic (exact) mass is 339 g/mol. The zero-order chi connectivity index (χ0) is 10.7. The van der Waals surface area contributed by atoms with Gasteiger partial charge in [-0.15, -0.1) is 0 Å². The third-order valence-electron chi connectivity index (χ3n) is 1.38. The van der Waals surface area contributed by atoms with Gasteiger partial charge < -0.3 is 4.74 Å². The number of benzene rings is 1. The van der Waals surface area contributed by atoms with Crippen molar-refractivity contribution in [2.75, 3.05) is 0 Å². The van der Waals surface area contributed by atoms with Gasteiger partial charge in [-0.3, -0.25) is 4.79 Å². The molecular weight excluding hydrogens is 335 g/mol. The summed E-state index contributed by atoms with van der Waals surface area (Å²) in [6, 6.07) is 3.40. The molecule has 0 aliphatic rings. The Morgan fingerprint density at radius 1 is 1.50 bits per heavy atom. The van der Waals surface area contributed by atoms with Crippen LogP contribution < -0.4 is 4.74 Å². The van der Waals surface area contributed by atoms with Crippen molar-refractivity contribution in [3.63, 3.8) is 0 Å². The number of carbonyl (C=O) groups excluding carboxylic acids is 1.